The molecule has 0 radical (unpaired) electrons. The molecule has 0 fully saturated rings. The number of ether oxygens (including phenoxy) is 1. The van der Waals surface area contributed by atoms with Crippen molar-refractivity contribution in [2.75, 3.05) is 12.4 Å². The molecule has 33 heavy (non-hydrogen) atoms. The van der Waals surface area contributed by atoms with Gasteiger partial charge in [0.25, 0.3) is 0 Å². The summed E-state index contributed by atoms with van der Waals surface area (Å²) in [4.78, 5) is 25.4. The molecular weight excluding hydrogens is 436 g/mol. The van der Waals surface area contributed by atoms with Crippen LogP contribution in [-0.4, -0.2) is 29.2 Å². The molecule has 0 spiro atoms. The number of hydrogen-bond acceptors (Lipinski definition) is 6. The van der Waals surface area contributed by atoms with E-state index in [9.17, 15) is 4.79 Å². The molecule has 1 atom stereocenters. The standard InChI is InChI=1S/C26H23ClN4O2/c1-3-22(32)33-26-20(13-12-17-9-7-15-30-24(17)26)25(31-21-11-4-5-14-29-21)19-10-6-8-18(16-28-2)23(19)27/h4-16,25H,3H2,1-2H3,(H,29,31). The number of carbonyl (C=O) groups excluding carboxylic acids is 1. The van der Waals surface area contributed by atoms with Crippen LogP contribution in [0, 0.1) is 0 Å². The lowest BCUT2D eigenvalue weighted by Crippen LogP contribution is -2.17. The van der Waals surface area contributed by atoms with Crippen molar-refractivity contribution in [2.24, 2.45) is 4.99 Å². The molecule has 1 unspecified atom stereocenters. The molecule has 4 aromatic rings. The van der Waals surface area contributed by atoms with Gasteiger partial charge in [-0.1, -0.05) is 61.0 Å². The summed E-state index contributed by atoms with van der Waals surface area (Å²) in [7, 11) is 1.70. The number of aliphatic imine (C=N–C) groups is 1. The van der Waals surface area contributed by atoms with Crippen LogP contribution in [0.25, 0.3) is 10.9 Å². The fraction of sp³-hybridized carbons (Fsp3) is 0.154. The summed E-state index contributed by atoms with van der Waals surface area (Å²) < 4.78 is 5.83. The Bertz CT molecular complexity index is 1310. The maximum atomic E-state index is 12.4. The van der Waals surface area contributed by atoms with Crippen LogP contribution >= 0.6 is 11.6 Å². The van der Waals surface area contributed by atoms with Gasteiger partial charge < -0.3 is 10.1 Å². The molecule has 2 aromatic carbocycles. The quantitative estimate of drug-likeness (QED) is 0.213. The van der Waals surface area contributed by atoms with Gasteiger partial charge in [0.15, 0.2) is 5.75 Å². The summed E-state index contributed by atoms with van der Waals surface area (Å²) in [5, 5.41) is 4.88. The van der Waals surface area contributed by atoms with Crippen molar-refractivity contribution in [3.05, 3.63) is 94.8 Å². The van der Waals surface area contributed by atoms with Crippen molar-refractivity contribution in [2.45, 2.75) is 19.4 Å². The first-order valence-electron chi connectivity index (χ1n) is 10.6. The fourth-order valence-corrected chi connectivity index (χ4v) is 3.89. The summed E-state index contributed by atoms with van der Waals surface area (Å²) in [6.07, 6.45) is 5.34. The molecule has 7 heteroatoms. The van der Waals surface area contributed by atoms with E-state index in [1.165, 1.54) is 0 Å². The minimum Gasteiger partial charge on any atom is -0.424 e. The van der Waals surface area contributed by atoms with Crippen molar-refractivity contribution in [1.82, 2.24) is 9.97 Å². The van der Waals surface area contributed by atoms with E-state index in [2.05, 4.69) is 20.3 Å². The molecule has 0 amide bonds. The van der Waals surface area contributed by atoms with Crippen molar-refractivity contribution in [3.8, 4) is 5.75 Å². The second kappa shape index (κ2) is 10.2. The Balaban J connectivity index is 1.96. The maximum absolute atomic E-state index is 12.4. The highest BCUT2D eigenvalue weighted by Crippen LogP contribution is 2.40. The number of fused-ring (bicyclic) bond motifs is 1. The number of aromatic nitrogens is 2. The Hall–Kier alpha value is -3.77. The zero-order valence-corrected chi connectivity index (χ0v) is 19.1. The Morgan fingerprint density at radius 3 is 2.67 bits per heavy atom. The lowest BCUT2D eigenvalue weighted by Gasteiger charge is -2.24. The number of halogens is 1. The maximum Gasteiger partial charge on any atom is 0.310 e. The van der Waals surface area contributed by atoms with Gasteiger partial charge in [-0.3, -0.25) is 14.8 Å². The van der Waals surface area contributed by atoms with Gasteiger partial charge in [-0.05, 0) is 23.8 Å². The van der Waals surface area contributed by atoms with Crippen LogP contribution in [0.1, 0.15) is 36.1 Å². The van der Waals surface area contributed by atoms with Crippen molar-refractivity contribution < 1.29 is 9.53 Å². The molecule has 6 nitrogen and oxygen atoms in total. The summed E-state index contributed by atoms with van der Waals surface area (Å²) >= 11 is 6.83. The van der Waals surface area contributed by atoms with E-state index in [0.29, 0.717) is 22.1 Å². The summed E-state index contributed by atoms with van der Waals surface area (Å²) in [5.74, 6) is 0.713. The summed E-state index contributed by atoms with van der Waals surface area (Å²) in [5.41, 5.74) is 2.91. The van der Waals surface area contributed by atoms with Crippen LogP contribution in [-0.2, 0) is 4.79 Å². The van der Waals surface area contributed by atoms with Gasteiger partial charge in [0.2, 0.25) is 0 Å². The molecule has 1 N–H and O–H groups in total. The second-order valence-corrected chi connectivity index (χ2v) is 7.69. The first-order valence-corrected chi connectivity index (χ1v) is 11.0. The number of nitrogens with zero attached hydrogens (tertiary/aromatic N) is 3. The third-order valence-electron chi connectivity index (χ3n) is 5.17. The van der Waals surface area contributed by atoms with E-state index in [1.54, 1.807) is 32.6 Å². The third-order valence-corrected chi connectivity index (χ3v) is 5.61. The third kappa shape index (κ3) is 4.86. The van der Waals surface area contributed by atoms with Gasteiger partial charge in [0, 0.05) is 48.6 Å². The average molecular weight is 459 g/mol. The molecule has 2 aromatic heterocycles. The SMILES string of the molecule is CCC(=O)Oc1c(C(Nc2ccccn2)c2cccc(C=NC)c2Cl)ccc2cccnc12. The van der Waals surface area contributed by atoms with Crippen LogP contribution < -0.4 is 10.1 Å². The molecule has 0 aliphatic rings. The second-order valence-electron chi connectivity index (χ2n) is 7.32. The van der Waals surface area contributed by atoms with E-state index in [0.717, 1.165) is 22.1 Å². The van der Waals surface area contributed by atoms with Crippen LogP contribution in [0.15, 0.2) is 78.0 Å². The molecule has 0 aliphatic heterocycles. The van der Waals surface area contributed by atoms with E-state index >= 15 is 0 Å². The summed E-state index contributed by atoms with van der Waals surface area (Å²) in [6.45, 7) is 1.76. The monoisotopic (exact) mass is 458 g/mol. The van der Waals surface area contributed by atoms with Crippen molar-refractivity contribution in [1.29, 1.82) is 0 Å². The predicted octanol–water partition coefficient (Wildman–Crippen LogP) is 5.85. The lowest BCUT2D eigenvalue weighted by molar-refractivity contribution is -0.133. The predicted molar refractivity (Wildman–Crippen MR) is 132 cm³/mol. The van der Waals surface area contributed by atoms with Crippen LogP contribution in [0.2, 0.25) is 5.02 Å². The smallest absolute Gasteiger partial charge is 0.310 e. The molecule has 0 aliphatic carbocycles. The van der Waals surface area contributed by atoms with Gasteiger partial charge >= 0.3 is 5.97 Å². The Labute approximate surface area is 197 Å². The van der Waals surface area contributed by atoms with Crippen molar-refractivity contribution in [3.63, 3.8) is 0 Å². The van der Waals surface area contributed by atoms with Gasteiger partial charge in [-0.2, -0.15) is 0 Å². The molecule has 0 saturated carbocycles. The topological polar surface area (TPSA) is 76.5 Å². The number of carbonyl (C=O) groups is 1. The van der Waals surface area contributed by atoms with E-state index < -0.39 is 6.04 Å². The largest absolute Gasteiger partial charge is 0.424 e. The molecule has 166 valence electrons. The minimum absolute atomic E-state index is 0.240. The molecule has 0 bridgehead atoms. The zero-order valence-electron chi connectivity index (χ0n) is 18.3. The van der Waals surface area contributed by atoms with Crippen LogP contribution in [0.3, 0.4) is 0 Å². The highest BCUT2D eigenvalue weighted by atomic mass is 35.5. The van der Waals surface area contributed by atoms with E-state index in [-0.39, 0.29) is 12.4 Å². The molecular formula is C26H23ClN4O2. The molecule has 4 rings (SSSR count). The number of benzene rings is 2. The summed E-state index contributed by atoms with van der Waals surface area (Å²) in [6, 6.07) is 18.6. The Kier molecular flexibility index (Phi) is 6.95. The fourth-order valence-electron chi connectivity index (χ4n) is 3.60. The number of rotatable bonds is 7. The minimum atomic E-state index is -0.469. The van der Waals surface area contributed by atoms with Gasteiger partial charge in [0.05, 0.1) is 11.1 Å². The molecule has 2 heterocycles. The first kappa shape index (κ1) is 22.4. The number of hydrogen-bond donors (Lipinski definition) is 1. The molecule has 0 saturated heterocycles. The Morgan fingerprint density at radius 2 is 1.91 bits per heavy atom. The van der Waals surface area contributed by atoms with E-state index in [4.69, 9.17) is 16.3 Å². The number of esters is 1. The normalized spacial score (nSPS) is 12.1. The first-order chi connectivity index (χ1) is 16.1. The van der Waals surface area contributed by atoms with Crippen LogP contribution in [0.4, 0.5) is 5.82 Å². The van der Waals surface area contributed by atoms with Crippen molar-refractivity contribution >= 4 is 40.5 Å². The van der Waals surface area contributed by atoms with Crippen LogP contribution in [0.5, 0.6) is 5.75 Å². The highest BCUT2D eigenvalue weighted by molar-refractivity contribution is 6.34. The number of nitrogens with one attached hydrogen (secondary N) is 1. The van der Waals surface area contributed by atoms with E-state index in [1.807, 2.05) is 60.7 Å². The Morgan fingerprint density at radius 1 is 1.06 bits per heavy atom. The van der Waals surface area contributed by atoms with Gasteiger partial charge in [0.1, 0.15) is 11.3 Å². The lowest BCUT2D eigenvalue weighted by atomic mass is 9.94. The van der Waals surface area contributed by atoms with Gasteiger partial charge in [-0.15, -0.1) is 0 Å². The van der Waals surface area contributed by atoms with Gasteiger partial charge in [-0.25, -0.2) is 4.98 Å². The average Bonchev–Trinajstić information content (AvgIpc) is 2.85. The highest BCUT2D eigenvalue weighted by Gasteiger charge is 2.25. The number of pyridine rings is 2. The zero-order chi connectivity index (χ0) is 23.2. The number of anilines is 1.